The number of oxazole rings is 1. The van der Waals surface area contributed by atoms with Crippen molar-refractivity contribution < 1.29 is 27.1 Å². The number of aromatic nitrogens is 1. The van der Waals surface area contributed by atoms with Crippen molar-refractivity contribution >= 4 is 28.6 Å². The van der Waals surface area contributed by atoms with Crippen LogP contribution in [-0.4, -0.2) is 29.7 Å². The van der Waals surface area contributed by atoms with E-state index in [1.165, 1.54) is 13.0 Å². The summed E-state index contributed by atoms with van der Waals surface area (Å²) >= 11 is 5.77. The number of amides is 1. The Kier molecular flexibility index (Phi) is 4.26. The standard InChI is InChI=1S/C12H10ClF3N2O3/c1-6(10(19)17-5-12(14,15)16)20-11-18-8-4-7(13)2-3-9(8)21-11/h2-4,6H,5H2,1H3,(H,17,19). The Bertz CT molecular complexity index is 657. The first-order valence-electron chi connectivity index (χ1n) is 5.82. The zero-order valence-electron chi connectivity index (χ0n) is 10.7. The Morgan fingerprint density at radius 3 is 2.90 bits per heavy atom. The molecule has 5 nitrogen and oxygen atoms in total. The van der Waals surface area contributed by atoms with Gasteiger partial charge in [0, 0.05) is 5.02 Å². The van der Waals surface area contributed by atoms with Gasteiger partial charge in [0.25, 0.3) is 5.91 Å². The van der Waals surface area contributed by atoms with Crippen LogP contribution in [0.5, 0.6) is 6.08 Å². The highest BCUT2D eigenvalue weighted by molar-refractivity contribution is 6.31. The highest BCUT2D eigenvalue weighted by Crippen LogP contribution is 2.24. The summed E-state index contributed by atoms with van der Waals surface area (Å²) in [5.41, 5.74) is 0.803. The van der Waals surface area contributed by atoms with E-state index in [1.54, 1.807) is 17.4 Å². The summed E-state index contributed by atoms with van der Waals surface area (Å²) in [5.74, 6) is -0.924. The second kappa shape index (κ2) is 5.80. The number of rotatable bonds is 4. The summed E-state index contributed by atoms with van der Waals surface area (Å²) in [5, 5.41) is 2.15. The molecule has 0 aliphatic carbocycles. The predicted molar refractivity (Wildman–Crippen MR) is 68.2 cm³/mol. The molecule has 0 saturated carbocycles. The van der Waals surface area contributed by atoms with Crippen LogP contribution in [0.2, 0.25) is 5.02 Å². The number of alkyl halides is 3. The van der Waals surface area contributed by atoms with Crippen molar-refractivity contribution in [3.05, 3.63) is 23.2 Å². The Labute approximate surface area is 122 Å². The monoisotopic (exact) mass is 322 g/mol. The van der Waals surface area contributed by atoms with Crippen LogP contribution in [0.4, 0.5) is 13.2 Å². The molecular weight excluding hydrogens is 313 g/mol. The van der Waals surface area contributed by atoms with Crippen molar-refractivity contribution in [3.8, 4) is 6.08 Å². The van der Waals surface area contributed by atoms with Gasteiger partial charge in [-0.25, -0.2) is 0 Å². The number of hydrogen-bond acceptors (Lipinski definition) is 4. The molecule has 2 rings (SSSR count). The molecule has 1 N–H and O–H groups in total. The van der Waals surface area contributed by atoms with Gasteiger partial charge in [-0.3, -0.25) is 4.79 Å². The fourth-order valence-corrected chi connectivity index (χ4v) is 1.63. The quantitative estimate of drug-likeness (QED) is 0.940. The third kappa shape index (κ3) is 4.25. The lowest BCUT2D eigenvalue weighted by atomic mass is 10.3. The van der Waals surface area contributed by atoms with Crippen LogP contribution in [0.1, 0.15) is 6.92 Å². The van der Waals surface area contributed by atoms with Crippen LogP contribution >= 0.6 is 11.6 Å². The van der Waals surface area contributed by atoms with Crippen LogP contribution in [-0.2, 0) is 4.79 Å². The summed E-state index contributed by atoms with van der Waals surface area (Å²) in [4.78, 5) is 15.4. The number of hydrogen-bond donors (Lipinski definition) is 1. The molecule has 0 spiro atoms. The van der Waals surface area contributed by atoms with E-state index < -0.39 is 24.7 Å². The van der Waals surface area contributed by atoms with E-state index in [9.17, 15) is 18.0 Å². The lowest BCUT2D eigenvalue weighted by Gasteiger charge is -2.12. The Morgan fingerprint density at radius 1 is 1.52 bits per heavy atom. The van der Waals surface area contributed by atoms with Crippen LogP contribution in [0, 0.1) is 0 Å². The van der Waals surface area contributed by atoms with E-state index in [0.29, 0.717) is 16.1 Å². The van der Waals surface area contributed by atoms with Gasteiger partial charge in [0.15, 0.2) is 11.7 Å². The molecular formula is C12H10ClF3N2O3. The van der Waals surface area contributed by atoms with Gasteiger partial charge in [0.2, 0.25) is 0 Å². The normalized spacial score (nSPS) is 13.2. The molecule has 2 aromatic rings. The maximum Gasteiger partial charge on any atom is 0.405 e. The summed E-state index contributed by atoms with van der Waals surface area (Å²) in [6.07, 6.45) is -5.89. The SMILES string of the molecule is CC(Oc1nc2cc(Cl)ccc2o1)C(=O)NCC(F)(F)F. The zero-order chi connectivity index (χ0) is 15.6. The zero-order valence-corrected chi connectivity index (χ0v) is 11.5. The number of ether oxygens (including phenoxy) is 1. The second-order valence-electron chi connectivity index (χ2n) is 4.18. The van der Waals surface area contributed by atoms with Crippen molar-refractivity contribution in [3.63, 3.8) is 0 Å². The Balaban J connectivity index is 2.00. The highest BCUT2D eigenvalue weighted by atomic mass is 35.5. The van der Waals surface area contributed by atoms with Gasteiger partial charge >= 0.3 is 12.3 Å². The van der Waals surface area contributed by atoms with E-state index in [2.05, 4.69) is 4.98 Å². The number of benzene rings is 1. The smallest absolute Gasteiger partial charge is 0.405 e. The third-order valence-corrected chi connectivity index (χ3v) is 2.67. The fourth-order valence-electron chi connectivity index (χ4n) is 1.47. The minimum atomic E-state index is -4.48. The van der Waals surface area contributed by atoms with E-state index in [0.717, 1.165) is 0 Å². The van der Waals surface area contributed by atoms with Gasteiger partial charge in [0.1, 0.15) is 12.1 Å². The first-order chi connectivity index (χ1) is 9.74. The van der Waals surface area contributed by atoms with E-state index in [1.807, 2.05) is 0 Å². The number of fused-ring (bicyclic) bond motifs is 1. The largest absolute Gasteiger partial charge is 0.437 e. The minimum Gasteiger partial charge on any atom is -0.437 e. The molecule has 0 aliphatic rings. The molecule has 114 valence electrons. The van der Waals surface area contributed by atoms with E-state index >= 15 is 0 Å². The number of halogens is 4. The molecule has 1 heterocycles. The van der Waals surface area contributed by atoms with Crippen LogP contribution in [0.3, 0.4) is 0 Å². The van der Waals surface area contributed by atoms with E-state index in [4.69, 9.17) is 20.8 Å². The van der Waals surface area contributed by atoms with Crippen LogP contribution in [0.25, 0.3) is 11.1 Å². The molecule has 0 aliphatic heterocycles. The number of nitrogens with zero attached hydrogens (tertiary/aromatic N) is 1. The summed E-state index contributed by atoms with van der Waals surface area (Å²) in [7, 11) is 0. The number of carbonyl (C=O) groups is 1. The summed E-state index contributed by atoms with van der Waals surface area (Å²) < 4.78 is 46.2. The first kappa shape index (κ1) is 15.4. The molecule has 1 aromatic carbocycles. The molecule has 21 heavy (non-hydrogen) atoms. The van der Waals surface area contributed by atoms with Gasteiger partial charge in [-0.2, -0.15) is 18.2 Å². The molecule has 1 aromatic heterocycles. The van der Waals surface area contributed by atoms with Crippen LogP contribution < -0.4 is 10.1 Å². The van der Waals surface area contributed by atoms with Gasteiger partial charge in [-0.15, -0.1) is 0 Å². The highest BCUT2D eigenvalue weighted by Gasteiger charge is 2.29. The Morgan fingerprint density at radius 2 is 2.24 bits per heavy atom. The average molecular weight is 323 g/mol. The summed E-state index contributed by atoms with van der Waals surface area (Å²) in [6.45, 7) is -0.143. The third-order valence-electron chi connectivity index (χ3n) is 2.44. The van der Waals surface area contributed by atoms with E-state index in [-0.39, 0.29) is 6.08 Å². The molecule has 1 amide bonds. The topological polar surface area (TPSA) is 64.4 Å². The first-order valence-corrected chi connectivity index (χ1v) is 6.19. The maximum absolute atomic E-state index is 12.0. The van der Waals surface area contributed by atoms with Gasteiger partial charge in [0.05, 0.1) is 0 Å². The number of carbonyl (C=O) groups excluding carboxylic acids is 1. The van der Waals surface area contributed by atoms with Crippen molar-refractivity contribution in [2.45, 2.75) is 19.2 Å². The molecule has 0 radical (unpaired) electrons. The van der Waals surface area contributed by atoms with Crippen molar-refractivity contribution in [2.75, 3.05) is 6.54 Å². The Hall–Kier alpha value is -1.96. The molecule has 9 heteroatoms. The predicted octanol–water partition coefficient (Wildman–Crippen LogP) is 2.93. The van der Waals surface area contributed by atoms with Crippen LogP contribution in [0.15, 0.2) is 22.6 Å². The fraction of sp³-hybridized carbons (Fsp3) is 0.333. The van der Waals surface area contributed by atoms with Crippen molar-refractivity contribution in [1.82, 2.24) is 10.3 Å². The average Bonchev–Trinajstić information content (AvgIpc) is 2.76. The lowest BCUT2D eigenvalue weighted by Crippen LogP contribution is -2.41. The second-order valence-corrected chi connectivity index (χ2v) is 4.62. The maximum atomic E-state index is 12.0. The minimum absolute atomic E-state index is 0.220. The lowest BCUT2D eigenvalue weighted by molar-refractivity contribution is -0.142. The summed E-state index contributed by atoms with van der Waals surface area (Å²) in [6, 6.07) is 4.67. The molecule has 1 atom stereocenters. The molecule has 0 saturated heterocycles. The van der Waals surface area contributed by atoms with Crippen molar-refractivity contribution in [1.29, 1.82) is 0 Å². The van der Waals surface area contributed by atoms with Gasteiger partial charge in [-0.05, 0) is 25.1 Å². The number of nitrogens with one attached hydrogen (secondary N) is 1. The van der Waals surface area contributed by atoms with Gasteiger partial charge in [-0.1, -0.05) is 11.6 Å². The van der Waals surface area contributed by atoms with Crippen molar-refractivity contribution in [2.24, 2.45) is 0 Å². The molecule has 0 bridgehead atoms. The molecule has 0 fully saturated rings. The molecule has 1 unspecified atom stereocenters. The van der Waals surface area contributed by atoms with Gasteiger partial charge < -0.3 is 14.5 Å².